The third-order valence-electron chi connectivity index (χ3n) is 8.20. The minimum absolute atomic E-state index is 0.0632. The van der Waals surface area contributed by atoms with Crippen LogP contribution in [0.25, 0.3) is 11.1 Å². The molecule has 35 heavy (non-hydrogen) atoms. The van der Waals surface area contributed by atoms with Crippen molar-refractivity contribution in [3.05, 3.63) is 59.7 Å². The molecular formula is C28H34N2O5. The van der Waals surface area contributed by atoms with Crippen molar-refractivity contribution >= 4 is 18.0 Å². The summed E-state index contributed by atoms with van der Waals surface area (Å²) in [7, 11) is 0. The number of carboxylic acids is 1. The van der Waals surface area contributed by atoms with Crippen LogP contribution in [0.4, 0.5) is 4.79 Å². The highest BCUT2D eigenvalue weighted by molar-refractivity contribution is 5.91. The third kappa shape index (κ3) is 4.07. The van der Waals surface area contributed by atoms with Crippen molar-refractivity contribution in [2.75, 3.05) is 13.2 Å². The number of fused-ring (bicyclic) bond motifs is 3. The molecule has 1 aliphatic heterocycles. The average molecular weight is 479 g/mol. The first-order valence-electron chi connectivity index (χ1n) is 12.1. The molecule has 0 saturated carbocycles. The standard InChI is InChI=1S/C28H34N2O5/c1-26(2,23(31)30-16-10-15-28(30,5)24(32)33)27(3,4)29-25(34)35-17-22-20-13-8-6-11-18(20)19-12-7-9-14-21(19)22/h6-9,11-14,22H,10,15-17H2,1-5H3,(H,29,34)(H,32,33)/t28-/m0/s1. The first-order valence-corrected chi connectivity index (χ1v) is 12.1. The molecule has 7 heteroatoms. The minimum Gasteiger partial charge on any atom is -0.480 e. The third-order valence-corrected chi connectivity index (χ3v) is 8.20. The lowest BCUT2D eigenvalue weighted by atomic mass is 9.73. The Morgan fingerprint density at radius 1 is 1.03 bits per heavy atom. The topological polar surface area (TPSA) is 95.9 Å². The number of rotatable bonds is 6. The second-order valence-electron chi connectivity index (χ2n) is 10.8. The van der Waals surface area contributed by atoms with Crippen LogP contribution in [0.5, 0.6) is 0 Å². The Labute approximate surface area is 206 Å². The van der Waals surface area contributed by atoms with E-state index in [1.165, 1.54) is 4.90 Å². The molecule has 0 spiro atoms. The van der Waals surface area contributed by atoms with Gasteiger partial charge in [-0.3, -0.25) is 4.79 Å². The van der Waals surface area contributed by atoms with E-state index in [9.17, 15) is 19.5 Å². The largest absolute Gasteiger partial charge is 0.480 e. The van der Waals surface area contributed by atoms with Crippen molar-refractivity contribution in [1.82, 2.24) is 10.2 Å². The van der Waals surface area contributed by atoms with Crippen molar-refractivity contribution < 1.29 is 24.2 Å². The molecule has 1 saturated heterocycles. The van der Waals surface area contributed by atoms with Gasteiger partial charge in [0, 0.05) is 12.5 Å². The molecule has 0 aromatic heterocycles. The molecule has 2 aromatic carbocycles. The van der Waals surface area contributed by atoms with E-state index in [1.807, 2.05) is 24.3 Å². The Morgan fingerprint density at radius 2 is 1.57 bits per heavy atom. The van der Waals surface area contributed by atoms with Gasteiger partial charge in [-0.15, -0.1) is 0 Å². The summed E-state index contributed by atoms with van der Waals surface area (Å²) < 4.78 is 5.69. The molecule has 7 nitrogen and oxygen atoms in total. The number of amides is 2. The lowest BCUT2D eigenvalue weighted by molar-refractivity contribution is -0.161. The number of hydrogen-bond donors (Lipinski definition) is 2. The molecule has 4 rings (SSSR count). The molecule has 1 aliphatic carbocycles. The van der Waals surface area contributed by atoms with Gasteiger partial charge in [0.05, 0.1) is 11.0 Å². The van der Waals surface area contributed by atoms with E-state index in [2.05, 4.69) is 29.6 Å². The zero-order valence-corrected chi connectivity index (χ0v) is 21.1. The van der Waals surface area contributed by atoms with Crippen LogP contribution in [0.3, 0.4) is 0 Å². The van der Waals surface area contributed by atoms with Gasteiger partial charge in [0.25, 0.3) is 0 Å². The second kappa shape index (κ2) is 8.70. The van der Waals surface area contributed by atoms with Crippen LogP contribution in [-0.2, 0) is 14.3 Å². The van der Waals surface area contributed by atoms with Crippen LogP contribution < -0.4 is 5.32 Å². The number of carbonyl (C=O) groups excluding carboxylic acids is 2. The number of nitrogens with one attached hydrogen (secondary N) is 1. The van der Waals surface area contributed by atoms with E-state index < -0.39 is 28.6 Å². The SMILES string of the molecule is CC(C)(NC(=O)OCC1c2ccccc2-c2ccccc21)C(C)(C)C(=O)N1CCC[C@@]1(C)C(=O)O. The maximum atomic E-state index is 13.5. The fourth-order valence-corrected chi connectivity index (χ4v) is 5.16. The summed E-state index contributed by atoms with van der Waals surface area (Å²) >= 11 is 0. The Morgan fingerprint density at radius 3 is 2.11 bits per heavy atom. The minimum atomic E-state index is -1.24. The highest BCUT2D eigenvalue weighted by Gasteiger charge is 2.53. The summed E-state index contributed by atoms with van der Waals surface area (Å²) in [5.74, 6) is -1.38. The maximum absolute atomic E-state index is 13.5. The number of carboxylic acid groups (broad SMARTS) is 1. The van der Waals surface area contributed by atoms with Crippen LogP contribution in [0.2, 0.25) is 0 Å². The number of alkyl carbamates (subject to hydrolysis) is 1. The Kier molecular flexibility index (Phi) is 6.16. The molecule has 1 atom stereocenters. The van der Waals surface area contributed by atoms with Gasteiger partial charge in [0.1, 0.15) is 12.1 Å². The molecule has 1 fully saturated rings. The van der Waals surface area contributed by atoms with Crippen molar-refractivity contribution in [3.63, 3.8) is 0 Å². The number of hydrogen-bond acceptors (Lipinski definition) is 4. The van der Waals surface area contributed by atoms with E-state index in [-0.39, 0.29) is 18.4 Å². The Hall–Kier alpha value is -3.35. The van der Waals surface area contributed by atoms with Crippen LogP contribution in [0.1, 0.15) is 64.5 Å². The molecular weight excluding hydrogens is 444 g/mol. The predicted octanol–water partition coefficient (Wildman–Crippen LogP) is 4.80. The van der Waals surface area contributed by atoms with Crippen LogP contribution in [0.15, 0.2) is 48.5 Å². The normalized spacial score (nSPS) is 19.7. The van der Waals surface area contributed by atoms with Crippen LogP contribution in [0, 0.1) is 5.41 Å². The van der Waals surface area contributed by atoms with E-state index in [0.717, 1.165) is 22.3 Å². The highest BCUT2D eigenvalue weighted by Crippen LogP contribution is 2.44. The molecule has 2 N–H and O–H groups in total. The van der Waals surface area contributed by atoms with E-state index >= 15 is 0 Å². The summed E-state index contributed by atoms with van der Waals surface area (Å²) in [4.78, 5) is 39.8. The summed E-state index contributed by atoms with van der Waals surface area (Å²) in [5, 5.41) is 12.6. The van der Waals surface area contributed by atoms with Gasteiger partial charge < -0.3 is 20.1 Å². The van der Waals surface area contributed by atoms with Gasteiger partial charge in [-0.2, -0.15) is 0 Å². The van der Waals surface area contributed by atoms with Gasteiger partial charge in [-0.25, -0.2) is 9.59 Å². The number of likely N-dealkylation sites (tertiary alicyclic amines) is 1. The smallest absolute Gasteiger partial charge is 0.407 e. The summed E-state index contributed by atoms with van der Waals surface area (Å²) in [6.45, 7) is 9.14. The number of benzene rings is 2. The Bertz CT molecular complexity index is 1130. The van der Waals surface area contributed by atoms with Gasteiger partial charge in [-0.05, 0) is 69.7 Å². The lowest BCUT2D eigenvalue weighted by Crippen LogP contribution is -2.63. The van der Waals surface area contributed by atoms with Gasteiger partial charge in [-0.1, -0.05) is 48.5 Å². The monoisotopic (exact) mass is 478 g/mol. The second-order valence-corrected chi connectivity index (χ2v) is 10.8. The number of carbonyl (C=O) groups is 3. The van der Waals surface area contributed by atoms with Crippen molar-refractivity contribution in [2.24, 2.45) is 5.41 Å². The quantitative estimate of drug-likeness (QED) is 0.622. The molecule has 0 unspecified atom stereocenters. The number of aliphatic carboxylic acids is 1. The average Bonchev–Trinajstić information content (AvgIpc) is 3.36. The number of nitrogens with zero attached hydrogens (tertiary/aromatic N) is 1. The van der Waals surface area contributed by atoms with E-state index in [4.69, 9.17) is 4.74 Å². The maximum Gasteiger partial charge on any atom is 0.407 e. The van der Waals surface area contributed by atoms with E-state index in [0.29, 0.717) is 19.4 Å². The van der Waals surface area contributed by atoms with E-state index in [1.54, 1.807) is 34.6 Å². The molecule has 1 heterocycles. The van der Waals surface area contributed by atoms with Crippen molar-refractivity contribution in [1.29, 1.82) is 0 Å². The molecule has 186 valence electrons. The molecule has 2 amide bonds. The van der Waals surface area contributed by atoms with Gasteiger partial charge in [0.2, 0.25) is 5.91 Å². The predicted molar refractivity (Wildman–Crippen MR) is 133 cm³/mol. The Balaban J connectivity index is 1.46. The fourth-order valence-electron chi connectivity index (χ4n) is 5.16. The van der Waals surface area contributed by atoms with Crippen LogP contribution in [-0.4, -0.2) is 52.2 Å². The molecule has 0 bridgehead atoms. The van der Waals surface area contributed by atoms with Crippen LogP contribution >= 0.6 is 0 Å². The zero-order chi connectivity index (χ0) is 25.6. The summed E-state index contributed by atoms with van der Waals surface area (Å²) in [5.41, 5.74) is 1.24. The van der Waals surface area contributed by atoms with Crippen molar-refractivity contribution in [2.45, 2.75) is 64.5 Å². The molecule has 2 aliphatic rings. The summed E-state index contributed by atoms with van der Waals surface area (Å²) in [6, 6.07) is 16.2. The fraction of sp³-hybridized carbons (Fsp3) is 0.464. The molecule has 0 radical (unpaired) electrons. The van der Waals surface area contributed by atoms with Gasteiger partial charge in [0.15, 0.2) is 0 Å². The van der Waals surface area contributed by atoms with Gasteiger partial charge >= 0.3 is 12.1 Å². The molecule has 2 aromatic rings. The summed E-state index contributed by atoms with van der Waals surface area (Å²) in [6.07, 6.45) is 0.426. The first kappa shape index (κ1) is 24.8. The zero-order valence-electron chi connectivity index (χ0n) is 21.1. The number of ether oxygens (including phenoxy) is 1. The van der Waals surface area contributed by atoms with Crippen molar-refractivity contribution in [3.8, 4) is 11.1 Å². The first-order chi connectivity index (χ1) is 16.4. The lowest BCUT2D eigenvalue weighted by Gasteiger charge is -2.45. The highest BCUT2D eigenvalue weighted by atomic mass is 16.5.